The van der Waals surface area contributed by atoms with Crippen LogP contribution in [0.2, 0.25) is 0 Å². The van der Waals surface area contributed by atoms with Crippen molar-refractivity contribution in [2.45, 2.75) is 4.90 Å². The molecule has 10 heteroatoms. The monoisotopic (exact) mass is 325 g/mol. The molecule has 0 saturated carbocycles. The highest BCUT2D eigenvalue weighted by atomic mass is 79.9. The van der Waals surface area contributed by atoms with Gasteiger partial charge >= 0.3 is 5.97 Å². The third-order valence-electron chi connectivity index (χ3n) is 1.46. The van der Waals surface area contributed by atoms with Crippen molar-refractivity contribution in [3.8, 4) is 0 Å². The summed E-state index contributed by atoms with van der Waals surface area (Å²) in [5, 5.41) is 0. The molecule has 0 aliphatic heterocycles. The van der Waals surface area contributed by atoms with Gasteiger partial charge in [0.15, 0.2) is 0 Å². The Morgan fingerprint density at radius 1 is 1.69 bits per heavy atom. The van der Waals surface area contributed by atoms with Crippen LogP contribution in [-0.4, -0.2) is 21.5 Å². The number of rotatable bonds is 3. The Balaban J connectivity index is 3.33. The Morgan fingerprint density at radius 3 is 2.81 bits per heavy atom. The van der Waals surface area contributed by atoms with Gasteiger partial charge in [-0.15, -0.1) is 11.3 Å². The Morgan fingerprint density at radius 2 is 2.31 bits per heavy atom. The predicted molar refractivity (Wildman–Crippen MR) is 59.7 cm³/mol. The molecule has 16 heavy (non-hydrogen) atoms. The van der Waals surface area contributed by atoms with E-state index in [1.807, 2.05) is 0 Å². The van der Waals surface area contributed by atoms with Gasteiger partial charge in [0, 0.05) is 9.43 Å². The van der Waals surface area contributed by atoms with Crippen molar-refractivity contribution < 1.29 is 17.9 Å². The zero-order chi connectivity index (χ0) is 12.3. The number of halogens is 1. The Bertz CT molecular complexity index is 573. The largest absolute Gasteiger partial charge is 0.465 e. The van der Waals surface area contributed by atoms with Crippen LogP contribution in [0, 0.1) is 0 Å². The second-order valence-electron chi connectivity index (χ2n) is 2.39. The number of methoxy groups -OCH3 is 1. The van der Waals surface area contributed by atoms with E-state index in [0.29, 0.717) is 0 Å². The molecule has 0 atom stereocenters. The summed E-state index contributed by atoms with van der Waals surface area (Å²) >= 11 is 3.85. The van der Waals surface area contributed by atoms with Crippen LogP contribution in [0.25, 0.3) is 10.4 Å². The van der Waals surface area contributed by atoms with Crippen LogP contribution in [0.3, 0.4) is 0 Å². The van der Waals surface area contributed by atoms with Gasteiger partial charge < -0.3 is 4.74 Å². The Hall–Kier alpha value is -1.09. The van der Waals surface area contributed by atoms with Crippen molar-refractivity contribution in [3.05, 3.63) is 25.2 Å². The maximum atomic E-state index is 11.4. The molecule has 0 radical (unpaired) electrons. The smallest absolute Gasteiger partial charge is 0.348 e. The number of hydrogen-bond acceptors (Lipinski definition) is 5. The number of thiophene rings is 1. The summed E-state index contributed by atoms with van der Waals surface area (Å²) < 4.78 is 30.0. The third-order valence-corrected chi connectivity index (χ3v) is 4.84. The van der Waals surface area contributed by atoms with E-state index in [9.17, 15) is 13.2 Å². The van der Waals surface area contributed by atoms with Crippen molar-refractivity contribution in [3.63, 3.8) is 0 Å². The highest BCUT2D eigenvalue weighted by Crippen LogP contribution is 2.33. The fourth-order valence-corrected chi connectivity index (χ4v) is 3.94. The number of sulfonamides is 1. The molecule has 1 rings (SSSR count). The molecule has 0 N–H and O–H groups in total. The number of azide groups is 1. The lowest BCUT2D eigenvalue weighted by atomic mass is 10.5. The molecule has 0 bridgehead atoms. The van der Waals surface area contributed by atoms with Gasteiger partial charge in [-0.25, -0.2) is 13.2 Å². The quantitative estimate of drug-likeness (QED) is 0.367. The topological polar surface area (TPSA) is 109 Å². The SMILES string of the molecule is COC(=O)c1cc(S(=O)(=O)N=[N+]=[N-])c(Br)s1. The number of carbonyl (C=O) groups is 1. The second-order valence-corrected chi connectivity index (χ2v) is 6.31. The lowest BCUT2D eigenvalue weighted by molar-refractivity contribution is 0.0606. The summed E-state index contributed by atoms with van der Waals surface area (Å²) in [6, 6.07) is 1.09. The van der Waals surface area contributed by atoms with E-state index in [0.717, 1.165) is 17.4 Å². The van der Waals surface area contributed by atoms with Crippen LogP contribution in [0.4, 0.5) is 0 Å². The zero-order valence-corrected chi connectivity index (χ0v) is 11.0. The number of esters is 1. The van der Waals surface area contributed by atoms with Gasteiger partial charge in [0.05, 0.1) is 10.9 Å². The number of ether oxygens (including phenoxy) is 1. The zero-order valence-electron chi connectivity index (χ0n) is 7.75. The molecule has 0 amide bonds. The minimum absolute atomic E-state index is 0.0982. The molecule has 0 aliphatic carbocycles. The maximum Gasteiger partial charge on any atom is 0.348 e. The summed E-state index contributed by atoms with van der Waals surface area (Å²) in [4.78, 5) is 13.2. The van der Waals surface area contributed by atoms with E-state index >= 15 is 0 Å². The van der Waals surface area contributed by atoms with Gasteiger partial charge in [-0.3, -0.25) is 0 Å². The van der Waals surface area contributed by atoms with Gasteiger partial charge in [-0.1, -0.05) is 0 Å². The first-order chi connectivity index (χ1) is 7.42. The fourth-order valence-electron chi connectivity index (χ4n) is 0.821. The maximum absolute atomic E-state index is 11.4. The molecule has 1 aromatic heterocycles. The standard InChI is InChI=1S/C6H4BrN3O4S2/c1-14-6(11)3-2-4(5(7)15-3)16(12,13)10-9-8/h2H,1H3. The molecule has 0 aliphatic rings. The molecule has 0 unspecified atom stereocenters. The van der Waals surface area contributed by atoms with E-state index in [1.54, 1.807) is 0 Å². The minimum atomic E-state index is -4.10. The van der Waals surface area contributed by atoms with Gasteiger partial charge in [-0.05, 0) is 27.5 Å². The number of carbonyl (C=O) groups excluding carboxylic acids is 1. The van der Waals surface area contributed by atoms with Crippen LogP contribution < -0.4 is 0 Å². The Labute approximate surface area is 103 Å². The average Bonchev–Trinajstić information content (AvgIpc) is 2.60. The lowest BCUT2D eigenvalue weighted by Crippen LogP contribution is -1.98. The first-order valence-electron chi connectivity index (χ1n) is 3.61. The van der Waals surface area contributed by atoms with Crippen molar-refractivity contribution in [1.82, 2.24) is 0 Å². The molecule has 7 nitrogen and oxygen atoms in total. The van der Waals surface area contributed by atoms with E-state index in [2.05, 4.69) is 30.1 Å². The summed E-state index contributed by atoms with van der Waals surface area (Å²) in [5.41, 5.74) is 8.09. The molecule has 1 aromatic rings. The van der Waals surface area contributed by atoms with Crippen LogP contribution in [0.1, 0.15) is 9.67 Å². The van der Waals surface area contributed by atoms with Crippen LogP contribution in [0.15, 0.2) is 19.3 Å². The first-order valence-corrected chi connectivity index (χ1v) is 6.66. The van der Waals surface area contributed by atoms with Gasteiger partial charge in [0.2, 0.25) is 0 Å². The molecular formula is C6H4BrN3O4S2. The van der Waals surface area contributed by atoms with E-state index in [4.69, 9.17) is 5.53 Å². The summed E-state index contributed by atoms with van der Waals surface area (Å²) in [6.07, 6.45) is 0. The normalized spacial score (nSPS) is 10.6. The highest BCUT2D eigenvalue weighted by molar-refractivity contribution is 9.11. The number of hydrogen-bond donors (Lipinski definition) is 0. The second kappa shape index (κ2) is 4.83. The minimum Gasteiger partial charge on any atom is -0.465 e. The van der Waals surface area contributed by atoms with Crippen molar-refractivity contribution in [2.75, 3.05) is 7.11 Å². The predicted octanol–water partition coefficient (Wildman–Crippen LogP) is 2.30. The number of nitrogens with zero attached hydrogens (tertiary/aromatic N) is 3. The fraction of sp³-hybridized carbons (Fsp3) is 0.167. The van der Waals surface area contributed by atoms with E-state index in [1.165, 1.54) is 7.11 Å². The van der Waals surface area contributed by atoms with Gasteiger partial charge in [-0.2, -0.15) is 0 Å². The van der Waals surface area contributed by atoms with E-state index < -0.39 is 16.0 Å². The third kappa shape index (κ3) is 2.53. The first kappa shape index (κ1) is 13.0. The highest BCUT2D eigenvalue weighted by Gasteiger charge is 2.22. The summed E-state index contributed by atoms with van der Waals surface area (Å²) in [5.74, 6) is -0.659. The van der Waals surface area contributed by atoms with Crippen molar-refractivity contribution in [1.29, 1.82) is 0 Å². The molecule has 0 saturated heterocycles. The molecule has 1 heterocycles. The summed E-state index contributed by atoms with van der Waals surface area (Å²) in [7, 11) is -2.92. The molecule has 0 fully saturated rings. The molecular weight excluding hydrogens is 322 g/mol. The molecule has 0 spiro atoms. The van der Waals surface area contributed by atoms with Gasteiger partial charge in [0.25, 0.3) is 10.0 Å². The lowest BCUT2D eigenvalue weighted by Gasteiger charge is -1.92. The average molecular weight is 326 g/mol. The molecule has 86 valence electrons. The van der Waals surface area contributed by atoms with E-state index in [-0.39, 0.29) is 13.6 Å². The van der Waals surface area contributed by atoms with Crippen LogP contribution >= 0.6 is 27.3 Å². The van der Waals surface area contributed by atoms with Crippen LogP contribution in [0.5, 0.6) is 0 Å². The van der Waals surface area contributed by atoms with Crippen molar-refractivity contribution in [2.24, 2.45) is 4.52 Å². The van der Waals surface area contributed by atoms with Gasteiger partial charge in [0.1, 0.15) is 9.77 Å². The Kier molecular flexibility index (Phi) is 3.92. The van der Waals surface area contributed by atoms with Crippen molar-refractivity contribution >= 4 is 43.3 Å². The van der Waals surface area contributed by atoms with Crippen LogP contribution in [-0.2, 0) is 14.8 Å². The molecule has 0 aromatic carbocycles. The summed E-state index contributed by atoms with van der Waals surface area (Å²) in [6.45, 7) is 0.